The first-order valence-corrected chi connectivity index (χ1v) is 10.6. The van der Waals surface area contributed by atoms with Crippen LogP contribution in [0.2, 0.25) is 0 Å². The molecule has 0 bridgehead atoms. The number of benzene rings is 3. The van der Waals surface area contributed by atoms with Crippen LogP contribution in [0.15, 0.2) is 91.1 Å². The Labute approximate surface area is 201 Å². The number of carbonyl (C=O) groups excluding carboxylic acids is 2. The summed E-state index contributed by atoms with van der Waals surface area (Å²) in [6.07, 6.45) is 1.31. The lowest BCUT2D eigenvalue weighted by Crippen LogP contribution is -2.14. The van der Waals surface area contributed by atoms with Gasteiger partial charge in [-0.25, -0.2) is 14.2 Å². The fourth-order valence-electron chi connectivity index (χ4n) is 3.12. The number of methoxy groups -OCH3 is 1. The molecule has 0 aliphatic heterocycles. The van der Waals surface area contributed by atoms with E-state index in [9.17, 15) is 14.0 Å². The molecule has 4 aromatic rings. The number of rotatable bonds is 8. The Morgan fingerprint density at radius 3 is 2.29 bits per heavy atom. The summed E-state index contributed by atoms with van der Waals surface area (Å²) in [4.78, 5) is 28.6. The van der Waals surface area contributed by atoms with Crippen LogP contribution in [0.25, 0.3) is 0 Å². The lowest BCUT2D eigenvalue weighted by atomic mass is 10.1. The van der Waals surface area contributed by atoms with Gasteiger partial charge in [0.1, 0.15) is 35.5 Å². The van der Waals surface area contributed by atoms with Gasteiger partial charge in [-0.15, -0.1) is 0 Å². The number of halogens is 1. The summed E-state index contributed by atoms with van der Waals surface area (Å²) in [5.74, 6) is 0.0213. The van der Waals surface area contributed by atoms with Crippen molar-refractivity contribution in [1.82, 2.24) is 4.98 Å². The Morgan fingerprint density at radius 1 is 0.857 bits per heavy atom. The van der Waals surface area contributed by atoms with Gasteiger partial charge in [0.2, 0.25) is 0 Å². The van der Waals surface area contributed by atoms with Crippen LogP contribution in [0.5, 0.6) is 17.2 Å². The van der Waals surface area contributed by atoms with E-state index >= 15 is 0 Å². The summed E-state index contributed by atoms with van der Waals surface area (Å²) in [5.41, 5.74) is 1.47. The lowest BCUT2D eigenvalue weighted by molar-refractivity contribution is 0.0600. The van der Waals surface area contributed by atoms with E-state index in [1.165, 1.54) is 55.8 Å². The summed E-state index contributed by atoms with van der Waals surface area (Å²) >= 11 is 0. The number of hydrogen-bond donors (Lipinski definition) is 1. The highest BCUT2D eigenvalue weighted by Gasteiger charge is 2.13. The Balaban J connectivity index is 1.56. The summed E-state index contributed by atoms with van der Waals surface area (Å²) in [6.45, 7) is 0.290. The number of nitrogens with one attached hydrogen (secondary N) is 1. The van der Waals surface area contributed by atoms with Gasteiger partial charge in [-0.2, -0.15) is 0 Å². The minimum absolute atomic E-state index is 0.249. The quantitative estimate of drug-likeness (QED) is 0.335. The summed E-state index contributed by atoms with van der Waals surface area (Å²) in [7, 11) is 1.27. The van der Waals surface area contributed by atoms with Crippen LogP contribution < -0.4 is 14.8 Å². The number of amides is 1. The molecule has 7 nitrogen and oxygen atoms in total. The Hall–Kier alpha value is -4.72. The zero-order chi connectivity index (χ0) is 24.6. The van der Waals surface area contributed by atoms with Crippen LogP contribution in [0.1, 0.15) is 26.3 Å². The molecule has 4 rings (SSSR count). The van der Waals surface area contributed by atoms with Gasteiger partial charge < -0.3 is 19.5 Å². The zero-order valence-corrected chi connectivity index (χ0v) is 18.7. The van der Waals surface area contributed by atoms with Crippen molar-refractivity contribution in [3.05, 3.63) is 114 Å². The molecule has 0 spiro atoms. The van der Waals surface area contributed by atoms with Crippen molar-refractivity contribution in [3.8, 4) is 17.2 Å². The first kappa shape index (κ1) is 23.4. The molecule has 3 aromatic carbocycles. The number of esters is 1. The van der Waals surface area contributed by atoms with Crippen molar-refractivity contribution in [2.75, 3.05) is 12.4 Å². The maximum atomic E-state index is 13.3. The van der Waals surface area contributed by atoms with Gasteiger partial charge in [-0.1, -0.05) is 30.3 Å². The van der Waals surface area contributed by atoms with Crippen molar-refractivity contribution in [1.29, 1.82) is 0 Å². The monoisotopic (exact) mass is 472 g/mol. The number of aromatic nitrogens is 1. The minimum Gasteiger partial charge on any atom is -0.489 e. The van der Waals surface area contributed by atoms with Gasteiger partial charge in [0.15, 0.2) is 0 Å². The van der Waals surface area contributed by atoms with Crippen molar-refractivity contribution < 1.29 is 28.2 Å². The molecular formula is C27H21FN2O5. The van der Waals surface area contributed by atoms with E-state index in [4.69, 9.17) is 9.47 Å². The SMILES string of the molecule is COC(=O)c1ccc(NC(=O)c2cc(OCc3ccccc3)cc(Oc3ccc(F)cc3)c2)nc1. The Morgan fingerprint density at radius 2 is 1.60 bits per heavy atom. The summed E-state index contributed by atoms with van der Waals surface area (Å²) in [5, 5.41) is 2.68. The number of pyridine rings is 1. The highest BCUT2D eigenvalue weighted by molar-refractivity contribution is 6.04. The van der Waals surface area contributed by atoms with Gasteiger partial charge >= 0.3 is 5.97 Å². The van der Waals surface area contributed by atoms with E-state index in [2.05, 4.69) is 15.0 Å². The fraction of sp³-hybridized carbons (Fsp3) is 0.0741. The normalized spacial score (nSPS) is 10.3. The van der Waals surface area contributed by atoms with Gasteiger partial charge in [-0.3, -0.25) is 4.79 Å². The second kappa shape index (κ2) is 10.9. The largest absolute Gasteiger partial charge is 0.489 e. The molecule has 0 saturated heterocycles. The van der Waals surface area contributed by atoms with Crippen molar-refractivity contribution >= 4 is 17.7 Å². The molecule has 0 atom stereocenters. The second-order valence-corrected chi connectivity index (χ2v) is 7.40. The van der Waals surface area contributed by atoms with Crippen LogP contribution in [-0.4, -0.2) is 24.0 Å². The topological polar surface area (TPSA) is 86.8 Å². The predicted octanol–water partition coefficient (Wildman–Crippen LogP) is 5.63. The first-order chi connectivity index (χ1) is 17.0. The molecule has 1 heterocycles. The Bertz CT molecular complexity index is 1310. The molecule has 0 unspecified atom stereocenters. The molecular weight excluding hydrogens is 451 g/mol. The van der Waals surface area contributed by atoms with Crippen molar-refractivity contribution in [2.45, 2.75) is 6.61 Å². The maximum absolute atomic E-state index is 13.3. The second-order valence-electron chi connectivity index (χ2n) is 7.40. The van der Waals surface area contributed by atoms with E-state index in [1.807, 2.05) is 30.3 Å². The molecule has 1 N–H and O–H groups in total. The lowest BCUT2D eigenvalue weighted by Gasteiger charge is -2.13. The summed E-state index contributed by atoms with van der Waals surface area (Å²) in [6, 6.07) is 22.9. The van der Waals surface area contributed by atoms with E-state index in [1.54, 1.807) is 12.1 Å². The molecule has 0 radical (unpaired) electrons. The fourth-order valence-corrected chi connectivity index (χ4v) is 3.12. The molecule has 8 heteroatoms. The smallest absolute Gasteiger partial charge is 0.339 e. The highest BCUT2D eigenvalue weighted by Crippen LogP contribution is 2.29. The summed E-state index contributed by atoms with van der Waals surface area (Å²) < 4.78 is 29.6. The van der Waals surface area contributed by atoms with Crippen LogP contribution in [0.4, 0.5) is 10.2 Å². The molecule has 1 amide bonds. The third kappa shape index (κ3) is 6.42. The zero-order valence-electron chi connectivity index (χ0n) is 18.7. The van der Waals surface area contributed by atoms with E-state index in [0.717, 1.165) is 5.56 Å². The average Bonchev–Trinajstić information content (AvgIpc) is 2.89. The van der Waals surface area contributed by atoms with E-state index < -0.39 is 11.9 Å². The molecule has 0 aliphatic carbocycles. The maximum Gasteiger partial charge on any atom is 0.339 e. The molecule has 176 valence electrons. The van der Waals surface area contributed by atoms with Gasteiger partial charge in [0, 0.05) is 17.8 Å². The Kier molecular flexibility index (Phi) is 7.32. The predicted molar refractivity (Wildman–Crippen MR) is 127 cm³/mol. The third-order valence-corrected chi connectivity index (χ3v) is 4.87. The molecule has 1 aromatic heterocycles. The van der Waals surface area contributed by atoms with E-state index in [-0.39, 0.29) is 22.8 Å². The van der Waals surface area contributed by atoms with Crippen LogP contribution in [0.3, 0.4) is 0 Å². The number of hydrogen-bond acceptors (Lipinski definition) is 6. The molecule has 0 fully saturated rings. The van der Waals surface area contributed by atoms with Crippen LogP contribution in [-0.2, 0) is 11.3 Å². The standard InChI is InChI=1S/C27H21FN2O5/c1-33-27(32)19-7-12-25(29-16-19)30-26(31)20-13-23(34-17-18-5-3-2-4-6-18)15-24(14-20)35-22-10-8-21(28)9-11-22/h2-16H,17H2,1H3,(H,29,30,31). The number of ether oxygens (including phenoxy) is 3. The van der Waals surface area contributed by atoms with Crippen molar-refractivity contribution in [3.63, 3.8) is 0 Å². The van der Waals surface area contributed by atoms with Gasteiger partial charge in [-0.05, 0) is 54.1 Å². The first-order valence-electron chi connectivity index (χ1n) is 10.6. The number of nitrogens with zero attached hydrogens (tertiary/aromatic N) is 1. The number of anilines is 1. The minimum atomic E-state index is -0.527. The van der Waals surface area contributed by atoms with Gasteiger partial charge in [0.25, 0.3) is 5.91 Å². The van der Waals surface area contributed by atoms with E-state index in [0.29, 0.717) is 23.9 Å². The molecule has 0 saturated carbocycles. The molecule has 35 heavy (non-hydrogen) atoms. The highest BCUT2D eigenvalue weighted by atomic mass is 19.1. The van der Waals surface area contributed by atoms with Crippen LogP contribution in [0, 0.1) is 5.82 Å². The third-order valence-electron chi connectivity index (χ3n) is 4.87. The average molecular weight is 472 g/mol. The van der Waals surface area contributed by atoms with Crippen molar-refractivity contribution in [2.24, 2.45) is 0 Å². The molecule has 0 aliphatic rings. The van der Waals surface area contributed by atoms with Crippen LogP contribution >= 0.6 is 0 Å². The number of carbonyl (C=O) groups is 2. The van der Waals surface area contributed by atoms with Gasteiger partial charge in [0.05, 0.1) is 12.7 Å².